The number of piperidine rings is 1. The summed E-state index contributed by atoms with van der Waals surface area (Å²) in [5.74, 6) is 2.40. The molecule has 0 amide bonds. The first-order chi connectivity index (χ1) is 16.2. The van der Waals surface area contributed by atoms with Crippen LogP contribution in [-0.4, -0.2) is 42.9 Å². The lowest BCUT2D eigenvalue weighted by Crippen LogP contribution is -2.34. The van der Waals surface area contributed by atoms with E-state index in [-0.39, 0.29) is 5.92 Å². The second kappa shape index (κ2) is 9.67. The van der Waals surface area contributed by atoms with Crippen molar-refractivity contribution in [1.29, 1.82) is 0 Å². The Kier molecular flexibility index (Phi) is 6.30. The first-order valence-corrected chi connectivity index (χ1v) is 11.7. The molecule has 170 valence electrons. The molecule has 7 nitrogen and oxygen atoms in total. The highest BCUT2D eigenvalue weighted by molar-refractivity contribution is 5.62. The molecule has 7 heteroatoms. The van der Waals surface area contributed by atoms with Crippen molar-refractivity contribution >= 4 is 0 Å². The SMILES string of the molecule is CC(C)Cc1noc(C2CCCN(Cc3cn(-c4ccccc4)nc3-c3ccncc3)C2)n1. The van der Waals surface area contributed by atoms with Crippen LogP contribution in [0.25, 0.3) is 16.9 Å². The fourth-order valence-electron chi connectivity index (χ4n) is 4.51. The molecule has 33 heavy (non-hydrogen) atoms. The summed E-state index contributed by atoms with van der Waals surface area (Å²) >= 11 is 0. The van der Waals surface area contributed by atoms with Gasteiger partial charge in [-0.25, -0.2) is 4.68 Å². The molecule has 4 aromatic rings. The summed E-state index contributed by atoms with van der Waals surface area (Å²) < 4.78 is 7.62. The normalized spacial score (nSPS) is 17.0. The maximum Gasteiger partial charge on any atom is 0.231 e. The minimum Gasteiger partial charge on any atom is -0.339 e. The summed E-state index contributed by atoms with van der Waals surface area (Å²) in [4.78, 5) is 11.4. The predicted octanol–water partition coefficient (Wildman–Crippen LogP) is 4.90. The fraction of sp³-hybridized carbons (Fsp3) is 0.385. The molecule has 1 saturated heterocycles. The minimum absolute atomic E-state index is 0.278. The Bertz CT molecular complexity index is 1170. The van der Waals surface area contributed by atoms with Crippen molar-refractivity contribution in [3.63, 3.8) is 0 Å². The molecule has 0 radical (unpaired) electrons. The van der Waals surface area contributed by atoms with Gasteiger partial charge in [0.15, 0.2) is 5.82 Å². The van der Waals surface area contributed by atoms with Gasteiger partial charge < -0.3 is 4.52 Å². The lowest BCUT2D eigenvalue weighted by Gasteiger charge is -2.30. The van der Waals surface area contributed by atoms with Crippen LogP contribution in [0.5, 0.6) is 0 Å². The smallest absolute Gasteiger partial charge is 0.231 e. The van der Waals surface area contributed by atoms with E-state index in [0.717, 1.165) is 67.6 Å². The Hall–Kier alpha value is -3.32. The maximum absolute atomic E-state index is 5.65. The minimum atomic E-state index is 0.278. The molecule has 1 atom stereocenters. The van der Waals surface area contributed by atoms with Crippen molar-refractivity contribution in [2.24, 2.45) is 5.92 Å². The number of benzene rings is 1. The van der Waals surface area contributed by atoms with Crippen LogP contribution in [-0.2, 0) is 13.0 Å². The van der Waals surface area contributed by atoms with Gasteiger partial charge in [-0.15, -0.1) is 0 Å². The maximum atomic E-state index is 5.65. The highest BCUT2D eigenvalue weighted by atomic mass is 16.5. The van der Waals surface area contributed by atoms with Gasteiger partial charge in [-0.3, -0.25) is 9.88 Å². The van der Waals surface area contributed by atoms with Gasteiger partial charge in [0.2, 0.25) is 5.89 Å². The number of hydrogen-bond acceptors (Lipinski definition) is 6. The molecule has 0 aliphatic carbocycles. The topological polar surface area (TPSA) is 72.9 Å². The van der Waals surface area contributed by atoms with Gasteiger partial charge in [0.05, 0.1) is 17.3 Å². The summed E-state index contributed by atoms with van der Waals surface area (Å²) in [6.07, 6.45) is 8.85. The van der Waals surface area contributed by atoms with Crippen LogP contribution >= 0.6 is 0 Å². The zero-order valence-electron chi connectivity index (χ0n) is 19.3. The molecule has 3 aromatic heterocycles. The van der Waals surface area contributed by atoms with E-state index in [1.807, 2.05) is 47.4 Å². The zero-order valence-corrected chi connectivity index (χ0v) is 19.3. The molecule has 1 fully saturated rings. The molecule has 1 unspecified atom stereocenters. The summed E-state index contributed by atoms with van der Waals surface area (Å²) in [5.41, 5.74) is 4.34. The van der Waals surface area contributed by atoms with Crippen LogP contribution in [0.1, 0.15) is 49.9 Å². The number of nitrogens with zero attached hydrogens (tertiary/aromatic N) is 6. The lowest BCUT2D eigenvalue weighted by atomic mass is 9.97. The first-order valence-electron chi connectivity index (χ1n) is 11.7. The molecule has 4 heterocycles. The van der Waals surface area contributed by atoms with Crippen molar-refractivity contribution in [2.45, 2.75) is 45.6 Å². The van der Waals surface area contributed by atoms with E-state index in [9.17, 15) is 0 Å². The number of likely N-dealkylation sites (tertiary alicyclic amines) is 1. The summed E-state index contributed by atoms with van der Waals surface area (Å²) in [7, 11) is 0. The van der Waals surface area contributed by atoms with Gasteiger partial charge in [0, 0.05) is 49.2 Å². The molecule has 5 rings (SSSR count). The Morgan fingerprint density at radius 3 is 2.70 bits per heavy atom. The molecular formula is C26H30N6O. The van der Waals surface area contributed by atoms with Gasteiger partial charge in [-0.1, -0.05) is 37.2 Å². The monoisotopic (exact) mass is 442 g/mol. The summed E-state index contributed by atoms with van der Waals surface area (Å²) in [5, 5.41) is 9.15. The van der Waals surface area contributed by atoms with E-state index in [1.165, 1.54) is 5.56 Å². The number of rotatable bonds is 7. The standard InChI is InChI=1S/C26H30N6O/c1-19(2)15-24-28-26(33-30-24)21-7-6-14-31(16-21)17-22-18-32(23-8-4-3-5-9-23)29-25(22)20-10-12-27-13-11-20/h3-5,8-13,18-19,21H,6-7,14-17H2,1-2H3. The molecule has 0 spiro atoms. The third-order valence-corrected chi connectivity index (χ3v) is 6.09. The molecule has 1 aromatic carbocycles. The van der Waals surface area contributed by atoms with Gasteiger partial charge in [-0.2, -0.15) is 10.1 Å². The number of pyridine rings is 1. The van der Waals surface area contributed by atoms with Gasteiger partial charge in [-0.05, 0) is 49.6 Å². The molecule has 0 bridgehead atoms. The van der Waals surface area contributed by atoms with Crippen LogP contribution in [0, 0.1) is 5.92 Å². The largest absolute Gasteiger partial charge is 0.339 e. The van der Waals surface area contributed by atoms with Crippen molar-refractivity contribution in [3.05, 3.63) is 78.3 Å². The number of para-hydroxylation sites is 1. The lowest BCUT2D eigenvalue weighted by molar-refractivity contribution is 0.180. The van der Waals surface area contributed by atoms with Crippen LogP contribution in [0.3, 0.4) is 0 Å². The van der Waals surface area contributed by atoms with E-state index >= 15 is 0 Å². The molecule has 0 N–H and O–H groups in total. The molecule has 0 saturated carbocycles. The molecule has 1 aliphatic rings. The third-order valence-electron chi connectivity index (χ3n) is 6.09. The molecule has 1 aliphatic heterocycles. The van der Waals surface area contributed by atoms with E-state index in [1.54, 1.807) is 0 Å². The van der Waals surface area contributed by atoms with Crippen LogP contribution < -0.4 is 0 Å². The van der Waals surface area contributed by atoms with Crippen LogP contribution in [0.2, 0.25) is 0 Å². The van der Waals surface area contributed by atoms with Gasteiger partial charge in [0.1, 0.15) is 0 Å². The zero-order chi connectivity index (χ0) is 22.6. The fourth-order valence-corrected chi connectivity index (χ4v) is 4.51. The Labute approximate surface area is 194 Å². The highest BCUT2D eigenvalue weighted by Crippen LogP contribution is 2.30. The number of aromatic nitrogens is 5. The van der Waals surface area contributed by atoms with Gasteiger partial charge >= 0.3 is 0 Å². The van der Waals surface area contributed by atoms with Crippen molar-refractivity contribution in [3.8, 4) is 16.9 Å². The summed E-state index contributed by atoms with van der Waals surface area (Å²) in [6, 6.07) is 14.3. The van der Waals surface area contributed by atoms with Crippen molar-refractivity contribution in [1.82, 2.24) is 29.8 Å². The number of hydrogen-bond donors (Lipinski definition) is 0. The predicted molar refractivity (Wildman–Crippen MR) is 127 cm³/mol. The van der Waals surface area contributed by atoms with Crippen molar-refractivity contribution in [2.75, 3.05) is 13.1 Å². The van der Waals surface area contributed by atoms with Gasteiger partial charge in [0.25, 0.3) is 0 Å². The highest BCUT2D eigenvalue weighted by Gasteiger charge is 2.27. The summed E-state index contributed by atoms with van der Waals surface area (Å²) in [6.45, 7) is 7.14. The van der Waals surface area contributed by atoms with Crippen LogP contribution in [0.4, 0.5) is 0 Å². The second-order valence-electron chi connectivity index (χ2n) is 9.24. The second-order valence-corrected chi connectivity index (χ2v) is 9.24. The Morgan fingerprint density at radius 1 is 1.09 bits per heavy atom. The Balaban J connectivity index is 1.38. The van der Waals surface area contributed by atoms with E-state index in [0.29, 0.717) is 5.92 Å². The first kappa shape index (κ1) is 21.5. The third kappa shape index (κ3) is 5.03. The van der Waals surface area contributed by atoms with E-state index < -0.39 is 0 Å². The average molecular weight is 443 g/mol. The average Bonchev–Trinajstić information content (AvgIpc) is 3.47. The van der Waals surface area contributed by atoms with E-state index in [2.05, 4.69) is 47.2 Å². The Morgan fingerprint density at radius 2 is 1.91 bits per heavy atom. The van der Waals surface area contributed by atoms with Crippen molar-refractivity contribution < 1.29 is 4.52 Å². The van der Waals surface area contributed by atoms with Crippen LogP contribution in [0.15, 0.2) is 65.6 Å². The molecular weight excluding hydrogens is 412 g/mol. The van der Waals surface area contributed by atoms with E-state index in [4.69, 9.17) is 14.6 Å². The quantitative estimate of drug-likeness (QED) is 0.406.